The van der Waals surface area contributed by atoms with Gasteiger partial charge in [-0.2, -0.15) is 0 Å². The molecule has 0 aromatic heterocycles. The molecule has 0 aromatic carbocycles. The minimum absolute atomic E-state index is 0.0311. The van der Waals surface area contributed by atoms with Crippen LogP contribution in [-0.2, 0) is 65.4 Å². The number of phosphoric ester groups is 2. The largest absolute Gasteiger partial charge is 0.472 e. The van der Waals surface area contributed by atoms with Crippen LogP contribution in [0.5, 0.6) is 0 Å². The summed E-state index contributed by atoms with van der Waals surface area (Å²) in [4.78, 5) is 73.1. The van der Waals surface area contributed by atoms with Gasteiger partial charge in [-0.15, -0.1) is 0 Å². The number of aliphatic hydroxyl groups excluding tert-OH is 1. The first kappa shape index (κ1) is 102. The Morgan fingerprint density at radius 2 is 0.500 bits per heavy atom. The lowest BCUT2D eigenvalue weighted by atomic mass is 10.0. The lowest BCUT2D eigenvalue weighted by Crippen LogP contribution is -2.30. The van der Waals surface area contributed by atoms with E-state index in [0.717, 1.165) is 135 Å². The van der Waals surface area contributed by atoms with Gasteiger partial charge in [0.1, 0.15) is 19.3 Å². The molecule has 17 nitrogen and oxygen atoms in total. The molecule has 0 heterocycles. The van der Waals surface area contributed by atoms with E-state index in [1.165, 1.54) is 83.5 Å². The lowest BCUT2D eigenvalue weighted by molar-refractivity contribution is -0.161. The summed E-state index contributed by atoms with van der Waals surface area (Å²) in [7, 11) is -10.0. The second kappa shape index (κ2) is 79.5. The molecule has 0 fully saturated rings. The number of carbonyl (C=O) groups is 4. The maximum atomic E-state index is 13.1. The molecule has 3 N–H and O–H groups in total. The number of carbonyl (C=O) groups excluding carboxylic acids is 4. The lowest BCUT2D eigenvalue weighted by Gasteiger charge is -2.21. The summed E-state index contributed by atoms with van der Waals surface area (Å²) in [6.45, 7) is 4.44. The molecule has 614 valence electrons. The predicted molar refractivity (Wildman–Crippen MR) is 445 cm³/mol. The van der Waals surface area contributed by atoms with Gasteiger partial charge >= 0.3 is 39.5 Å². The fraction of sp³-hybridized carbons (Fsp3) is 0.640. The molecule has 19 heteroatoms. The van der Waals surface area contributed by atoms with Gasteiger partial charge in [-0.05, 0) is 135 Å². The molecule has 0 saturated heterocycles. The zero-order valence-corrected chi connectivity index (χ0v) is 69.0. The van der Waals surface area contributed by atoms with Gasteiger partial charge in [0.15, 0.2) is 12.2 Å². The molecule has 0 amide bonds. The van der Waals surface area contributed by atoms with Crippen molar-refractivity contribution >= 4 is 39.5 Å². The minimum atomic E-state index is -5.01. The summed E-state index contributed by atoms with van der Waals surface area (Å²) in [5, 5.41) is 10.7. The molecular formula is C89H146O17P2. The number of unbranched alkanes of at least 4 members (excludes halogenated alkanes) is 22. The average Bonchev–Trinajstić information content (AvgIpc) is 0.914. The van der Waals surface area contributed by atoms with Gasteiger partial charge in [-0.1, -0.05) is 320 Å². The number of esters is 4. The van der Waals surface area contributed by atoms with E-state index in [9.17, 15) is 43.2 Å². The van der Waals surface area contributed by atoms with E-state index in [4.69, 9.17) is 37.0 Å². The van der Waals surface area contributed by atoms with Crippen molar-refractivity contribution in [3.05, 3.63) is 170 Å². The van der Waals surface area contributed by atoms with Crippen LogP contribution in [0.3, 0.4) is 0 Å². The number of rotatable bonds is 76. The number of hydrogen-bond acceptors (Lipinski definition) is 15. The molecule has 0 radical (unpaired) electrons. The van der Waals surface area contributed by atoms with Crippen LogP contribution in [0.1, 0.15) is 310 Å². The first-order valence-corrected chi connectivity index (χ1v) is 44.4. The van der Waals surface area contributed by atoms with Crippen molar-refractivity contribution in [2.45, 2.75) is 329 Å². The van der Waals surface area contributed by atoms with Gasteiger partial charge in [-0.3, -0.25) is 37.3 Å². The Kier molecular flexibility index (Phi) is 75.4. The number of allylic oxidation sites excluding steroid dienone is 28. The molecule has 0 aromatic rings. The highest BCUT2D eigenvalue weighted by molar-refractivity contribution is 7.47. The maximum Gasteiger partial charge on any atom is 0.472 e. The molecule has 0 aliphatic heterocycles. The van der Waals surface area contributed by atoms with Crippen LogP contribution in [0, 0.1) is 0 Å². The summed E-state index contributed by atoms with van der Waals surface area (Å²) in [5.41, 5.74) is 0. The Labute approximate surface area is 654 Å². The Morgan fingerprint density at radius 3 is 0.833 bits per heavy atom. The fourth-order valence-corrected chi connectivity index (χ4v) is 12.1. The van der Waals surface area contributed by atoms with Crippen molar-refractivity contribution < 1.29 is 80.2 Å². The number of aliphatic hydroxyl groups is 1. The topological polar surface area (TPSA) is 237 Å². The number of hydrogen-bond donors (Lipinski definition) is 3. The van der Waals surface area contributed by atoms with Crippen LogP contribution >= 0.6 is 15.6 Å². The molecule has 108 heavy (non-hydrogen) atoms. The summed E-state index contributed by atoms with van der Waals surface area (Å²) in [6, 6.07) is 0. The van der Waals surface area contributed by atoms with Crippen LogP contribution < -0.4 is 0 Å². The quantitative estimate of drug-likeness (QED) is 0.0169. The summed E-state index contributed by atoms with van der Waals surface area (Å²) >= 11 is 0. The van der Waals surface area contributed by atoms with Gasteiger partial charge < -0.3 is 33.8 Å². The summed E-state index contributed by atoms with van der Waals surface area (Å²) in [5.74, 6) is -2.39. The number of ether oxygens (including phenoxy) is 4. The summed E-state index contributed by atoms with van der Waals surface area (Å²) in [6.07, 6.45) is 95.0. The third-order valence-electron chi connectivity index (χ3n) is 16.7. The van der Waals surface area contributed by atoms with Crippen molar-refractivity contribution in [1.82, 2.24) is 0 Å². The van der Waals surface area contributed by atoms with Gasteiger partial charge in [0.25, 0.3) is 0 Å². The first-order chi connectivity index (χ1) is 52.7. The van der Waals surface area contributed by atoms with E-state index < -0.39 is 97.5 Å². The molecule has 5 atom stereocenters. The third-order valence-corrected chi connectivity index (χ3v) is 18.6. The second-order valence-corrected chi connectivity index (χ2v) is 29.9. The van der Waals surface area contributed by atoms with E-state index in [2.05, 4.69) is 161 Å². The Hall–Kier alpha value is -5.58. The predicted octanol–water partition coefficient (Wildman–Crippen LogP) is 24.6. The molecule has 0 rings (SSSR count). The maximum absolute atomic E-state index is 13.1. The molecule has 0 saturated carbocycles. The van der Waals surface area contributed by atoms with Gasteiger partial charge in [0.05, 0.1) is 26.4 Å². The standard InChI is InChI=1S/C89H146O17P2/c1-5-9-13-17-21-25-29-33-37-39-41-43-47-50-54-58-62-66-70-74-87(92)100-80-84(105-88(93)75-71-67-63-59-55-51-46-36-32-28-24-20-16-12-8-4)81-103-107(95,96)101-77-83(90)78-102-108(97,98)104-82-85(79-99-86(91)73-69-65-61-57-53-49-45-35-31-27-23-19-15-11-7-3)106-89(94)76-72-68-64-60-56-52-48-44-42-40-38-34-30-26-22-18-14-10-6-2/h9-10,13-14,21-23,25-27,33-35,37-38,41-45,50,52,54,56,62,64,66,68,83-85,90H,5-8,11-12,15-20,24,28-32,36,39-40,46-49,51,53,55,57-61,63,65,67,69-82H2,1-4H3,(H,95,96)(H,97,98)/b13-9-,14-10-,25-21-,26-22-,27-23-,37-33-,38-34-,43-41-,44-42-,45-35-,54-50-,56-52-,66-62-,68-64-/t83-,84-,85-/m1/s1. The fourth-order valence-electron chi connectivity index (χ4n) is 10.5. The third kappa shape index (κ3) is 78.5. The minimum Gasteiger partial charge on any atom is -0.462 e. The molecule has 0 bridgehead atoms. The van der Waals surface area contributed by atoms with Crippen LogP contribution in [0.2, 0.25) is 0 Å². The zero-order valence-electron chi connectivity index (χ0n) is 67.2. The van der Waals surface area contributed by atoms with E-state index in [0.29, 0.717) is 38.5 Å². The Bertz CT molecular complexity index is 2710. The average molecular weight is 1550 g/mol. The van der Waals surface area contributed by atoms with Crippen molar-refractivity contribution in [3.8, 4) is 0 Å². The van der Waals surface area contributed by atoms with Gasteiger partial charge in [0.2, 0.25) is 0 Å². The molecule has 0 aliphatic rings. The van der Waals surface area contributed by atoms with Gasteiger partial charge in [-0.25, -0.2) is 9.13 Å². The van der Waals surface area contributed by atoms with Crippen molar-refractivity contribution in [2.75, 3.05) is 39.6 Å². The normalized spacial score (nSPS) is 14.7. The highest BCUT2D eigenvalue weighted by Gasteiger charge is 2.30. The molecule has 0 aliphatic carbocycles. The van der Waals surface area contributed by atoms with Crippen LogP contribution in [0.25, 0.3) is 0 Å². The highest BCUT2D eigenvalue weighted by atomic mass is 31.2. The highest BCUT2D eigenvalue weighted by Crippen LogP contribution is 2.45. The number of phosphoric acid groups is 2. The van der Waals surface area contributed by atoms with E-state index >= 15 is 0 Å². The smallest absolute Gasteiger partial charge is 0.462 e. The monoisotopic (exact) mass is 1550 g/mol. The van der Waals surface area contributed by atoms with E-state index in [1.54, 1.807) is 0 Å². The first-order valence-electron chi connectivity index (χ1n) is 41.4. The Morgan fingerprint density at radius 1 is 0.269 bits per heavy atom. The van der Waals surface area contributed by atoms with Crippen LogP contribution in [0.15, 0.2) is 170 Å². The summed E-state index contributed by atoms with van der Waals surface area (Å²) < 4.78 is 68.5. The van der Waals surface area contributed by atoms with E-state index in [1.807, 2.05) is 36.5 Å². The van der Waals surface area contributed by atoms with Crippen molar-refractivity contribution in [3.63, 3.8) is 0 Å². The van der Waals surface area contributed by atoms with E-state index in [-0.39, 0.29) is 25.7 Å². The molecule has 0 spiro atoms. The Balaban J connectivity index is 5.52. The van der Waals surface area contributed by atoms with Crippen molar-refractivity contribution in [2.24, 2.45) is 0 Å². The van der Waals surface area contributed by atoms with Crippen LogP contribution in [-0.4, -0.2) is 96.7 Å². The molecule has 2 unspecified atom stereocenters. The van der Waals surface area contributed by atoms with Crippen LogP contribution in [0.4, 0.5) is 0 Å². The zero-order chi connectivity index (χ0) is 78.9. The van der Waals surface area contributed by atoms with Crippen molar-refractivity contribution in [1.29, 1.82) is 0 Å². The second-order valence-electron chi connectivity index (χ2n) is 27.0. The molecular weight excluding hydrogens is 1400 g/mol. The van der Waals surface area contributed by atoms with Gasteiger partial charge in [0, 0.05) is 25.7 Å². The SMILES string of the molecule is CC/C=C\C/C=C\C/C=C\C/C=C\C/C=C\C/C=C\CCC(=O)OC[C@H](COP(=O)(O)OC[C@@H](O)COP(=O)(O)OC[C@@H](COC(=O)CCCCCCC/C=C\C/C=C\CCCCC)OC(=O)CC/C=C\C/C=C\C/C=C\C/C=C\C/C=C\C/C=C\CC)OC(=O)CCCCCCCCCCCCCCCCC.